The first-order valence-electron chi connectivity index (χ1n) is 8.13. The molecule has 132 valence electrons. The summed E-state index contributed by atoms with van der Waals surface area (Å²) in [7, 11) is 0. The standard InChI is InChI=1S/C19H17N3O4/c1-2-10-25-19(24)13-5-7-15(8-6-13)21-18(23)16-11-17(26-22-16)14-4-3-9-20-12-14/h3-9,11-12H,2,10H2,1H3,(H,21,23). The van der Waals surface area contributed by atoms with Crippen LogP contribution in [0.5, 0.6) is 0 Å². The zero-order chi connectivity index (χ0) is 18.4. The second kappa shape index (κ2) is 8.06. The molecule has 7 heteroatoms. The maximum absolute atomic E-state index is 12.3. The van der Waals surface area contributed by atoms with E-state index in [-0.39, 0.29) is 11.7 Å². The average molecular weight is 351 g/mol. The predicted molar refractivity (Wildman–Crippen MR) is 94.7 cm³/mol. The molecular weight excluding hydrogens is 334 g/mol. The van der Waals surface area contributed by atoms with Gasteiger partial charge in [-0.05, 0) is 42.8 Å². The molecule has 0 bridgehead atoms. The Labute approximate surface area is 150 Å². The number of aromatic nitrogens is 2. The highest BCUT2D eigenvalue weighted by Crippen LogP contribution is 2.19. The van der Waals surface area contributed by atoms with Crippen molar-refractivity contribution in [3.63, 3.8) is 0 Å². The molecule has 1 aromatic carbocycles. The molecule has 0 aliphatic heterocycles. The number of ether oxygens (including phenoxy) is 1. The number of amides is 1. The summed E-state index contributed by atoms with van der Waals surface area (Å²) in [6.45, 7) is 2.30. The Hall–Kier alpha value is -3.48. The maximum Gasteiger partial charge on any atom is 0.338 e. The van der Waals surface area contributed by atoms with Gasteiger partial charge in [0.2, 0.25) is 0 Å². The Balaban J connectivity index is 1.65. The third kappa shape index (κ3) is 4.13. The molecule has 0 saturated carbocycles. The Bertz CT molecular complexity index is 889. The minimum absolute atomic E-state index is 0.148. The van der Waals surface area contributed by atoms with Crippen LogP contribution in [0.1, 0.15) is 34.2 Å². The van der Waals surface area contributed by atoms with Crippen molar-refractivity contribution in [1.82, 2.24) is 10.1 Å². The topological polar surface area (TPSA) is 94.3 Å². The smallest absolute Gasteiger partial charge is 0.338 e. The van der Waals surface area contributed by atoms with Crippen LogP contribution in [-0.2, 0) is 4.74 Å². The third-order valence-electron chi connectivity index (χ3n) is 3.50. The molecule has 0 saturated heterocycles. The number of benzene rings is 1. The van der Waals surface area contributed by atoms with Crippen LogP contribution in [0.2, 0.25) is 0 Å². The Morgan fingerprint density at radius 3 is 2.69 bits per heavy atom. The van der Waals surface area contributed by atoms with Gasteiger partial charge in [-0.2, -0.15) is 0 Å². The zero-order valence-corrected chi connectivity index (χ0v) is 14.1. The molecule has 0 unspecified atom stereocenters. The molecule has 0 spiro atoms. The second-order valence-corrected chi connectivity index (χ2v) is 5.49. The molecular formula is C19H17N3O4. The van der Waals surface area contributed by atoms with Gasteiger partial charge in [-0.25, -0.2) is 4.79 Å². The van der Waals surface area contributed by atoms with Gasteiger partial charge in [0, 0.05) is 29.7 Å². The van der Waals surface area contributed by atoms with Crippen molar-refractivity contribution < 1.29 is 18.8 Å². The molecule has 1 amide bonds. The van der Waals surface area contributed by atoms with Crippen LogP contribution in [0.3, 0.4) is 0 Å². The van der Waals surface area contributed by atoms with Crippen molar-refractivity contribution in [3.8, 4) is 11.3 Å². The lowest BCUT2D eigenvalue weighted by molar-refractivity contribution is 0.0505. The molecule has 2 heterocycles. The highest BCUT2D eigenvalue weighted by molar-refractivity contribution is 6.03. The SMILES string of the molecule is CCCOC(=O)c1ccc(NC(=O)c2cc(-c3cccnc3)on2)cc1. The summed E-state index contributed by atoms with van der Waals surface area (Å²) in [6.07, 6.45) is 4.03. The summed E-state index contributed by atoms with van der Waals surface area (Å²) in [5, 5.41) is 6.48. The number of rotatable bonds is 6. The molecule has 3 aromatic rings. The monoisotopic (exact) mass is 351 g/mol. The minimum atomic E-state index is -0.412. The summed E-state index contributed by atoms with van der Waals surface area (Å²) in [6, 6.07) is 11.6. The van der Waals surface area contributed by atoms with E-state index in [0.29, 0.717) is 23.6 Å². The lowest BCUT2D eigenvalue weighted by atomic mass is 10.2. The number of pyridine rings is 1. The zero-order valence-electron chi connectivity index (χ0n) is 14.1. The van der Waals surface area contributed by atoms with Crippen molar-refractivity contribution in [1.29, 1.82) is 0 Å². The van der Waals surface area contributed by atoms with Crippen LogP contribution in [-0.4, -0.2) is 28.6 Å². The molecule has 0 fully saturated rings. The lowest BCUT2D eigenvalue weighted by Crippen LogP contribution is -2.12. The quantitative estimate of drug-likeness (QED) is 0.683. The highest BCUT2D eigenvalue weighted by Gasteiger charge is 2.14. The van der Waals surface area contributed by atoms with Crippen molar-refractivity contribution in [2.45, 2.75) is 13.3 Å². The molecule has 1 N–H and O–H groups in total. The van der Waals surface area contributed by atoms with Gasteiger partial charge >= 0.3 is 5.97 Å². The fourth-order valence-corrected chi connectivity index (χ4v) is 2.19. The van der Waals surface area contributed by atoms with E-state index >= 15 is 0 Å². The average Bonchev–Trinajstić information content (AvgIpc) is 3.18. The van der Waals surface area contributed by atoms with Crippen molar-refractivity contribution in [3.05, 3.63) is 66.1 Å². The molecule has 0 radical (unpaired) electrons. The van der Waals surface area contributed by atoms with E-state index in [1.165, 1.54) is 0 Å². The van der Waals surface area contributed by atoms with Crippen molar-refractivity contribution in [2.24, 2.45) is 0 Å². The fourth-order valence-electron chi connectivity index (χ4n) is 2.19. The molecule has 26 heavy (non-hydrogen) atoms. The first-order chi connectivity index (χ1) is 12.7. The van der Waals surface area contributed by atoms with E-state index in [9.17, 15) is 9.59 Å². The highest BCUT2D eigenvalue weighted by atomic mass is 16.5. The van der Waals surface area contributed by atoms with Crippen LogP contribution >= 0.6 is 0 Å². The normalized spacial score (nSPS) is 10.3. The van der Waals surface area contributed by atoms with Crippen molar-refractivity contribution >= 4 is 17.6 Å². The fraction of sp³-hybridized carbons (Fsp3) is 0.158. The summed E-state index contributed by atoms with van der Waals surface area (Å²) >= 11 is 0. The minimum Gasteiger partial charge on any atom is -0.462 e. The number of esters is 1. The molecule has 0 atom stereocenters. The summed E-state index contributed by atoms with van der Waals surface area (Å²) in [5.41, 5.74) is 1.84. The summed E-state index contributed by atoms with van der Waals surface area (Å²) in [4.78, 5) is 28.0. The van der Waals surface area contributed by atoms with Crippen LogP contribution in [0, 0.1) is 0 Å². The van der Waals surface area contributed by atoms with Crippen molar-refractivity contribution in [2.75, 3.05) is 11.9 Å². The summed E-state index contributed by atoms with van der Waals surface area (Å²) < 4.78 is 10.2. The van der Waals surface area contributed by atoms with Gasteiger partial charge in [-0.15, -0.1) is 0 Å². The first kappa shape index (κ1) is 17.3. The molecule has 3 rings (SSSR count). The van der Waals surface area contributed by atoms with Crippen LogP contribution in [0.25, 0.3) is 11.3 Å². The lowest BCUT2D eigenvalue weighted by Gasteiger charge is -2.05. The maximum atomic E-state index is 12.3. The Kier molecular flexibility index (Phi) is 5.38. The van der Waals surface area contributed by atoms with Gasteiger partial charge in [0.1, 0.15) is 0 Å². The van der Waals surface area contributed by atoms with Gasteiger partial charge in [0.15, 0.2) is 11.5 Å². The van der Waals surface area contributed by atoms with Crippen LogP contribution in [0.4, 0.5) is 5.69 Å². The number of nitrogens with zero attached hydrogens (tertiary/aromatic N) is 2. The van der Waals surface area contributed by atoms with Gasteiger partial charge in [0.05, 0.1) is 12.2 Å². The van der Waals surface area contributed by atoms with E-state index in [0.717, 1.165) is 12.0 Å². The van der Waals surface area contributed by atoms with E-state index in [4.69, 9.17) is 9.26 Å². The Morgan fingerprint density at radius 2 is 2.00 bits per heavy atom. The van der Waals surface area contributed by atoms with E-state index in [1.54, 1.807) is 48.8 Å². The molecule has 0 aliphatic carbocycles. The van der Waals surface area contributed by atoms with Gasteiger partial charge in [-0.3, -0.25) is 9.78 Å². The van der Waals surface area contributed by atoms with Gasteiger partial charge < -0.3 is 14.6 Å². The number of anilines is 1. The van der Waals surface area contributed by atoms with E-state index < -0.39 is 5.91 Å². The number of carbonyl (C=O) groups is 2. The first-order valence-corrected chi connectivity index (χ1v) is 8.13. The largest absolute Gasteiger partial charge is 0.462 e. The Morgan fingerprint density at radius 1 is 1.19 bits per heavy atom. The van der Waals surface area contributed by atoms with Gasteiger partial charge in [-0.1, -0.05) is 12.1 Å². The predicted octanol–water partition coefficient (Wildman–Crippen LogP) is 3.56. The van der Waals surface area contributed by atoms with Crippen LogP contribution < -0.4 is 5.32 Å². The number of hydrogen-bond donors (Lipinski definition) is 1. The number of hydrogen-bond acceptors (Lipinski definition) is 6. The molecule has 7 nitrogen and oxygen atoms in total. The van der Waals surface area contributed by atoms with Crippen LogP contribution in [0.15, 0.2) is 59.4 Å². The van der Waals surface area contributed by atoms with E-state index in [2.05, 4.69) is 15.5 Å². The molecule has 2 aromatic heterocycles. The third-order valence-corrected chi connectivity index (χ3v) is 3.50. The second-order valence-electron chi connectivity index (χ2n) is 5.49. The van der Waals surface area contributed by atoms with E-state index in [1.807, 2.05) is 13.0 Å². The number of carbonyl (C=O) groups excluding carboxylic acids is 2. The summed E-state index contributed by atoms with van der Waals surface area (Å²) in [5.74, 6) is -0.343. The van der Waals surface area contributed by atoms with Gasteiger partial charge in [0.25, 0.3) is 5.91 Å². The molecule has 0 aliphatic rings. The number of nitrogens with one attached hydrogen (secondary N) is 1.